The Kier molecular flexibility index (Phi) is 3.39. The summed E-state index contributed by atoms with van der Waals surface area (Å²) in [5.41, 5.74) is 2.25. The van der Waals surface area contributed by atoms with Crippen LogP contribution in [-0.4, -0.2) is 15.9 Å². The van der Waals surface area contributed by atoms with Crippen LogP contribution in [0.1, 0.15) is 16.3 Å². The van der Waals surface area contributed by atoms with E-state index in [1.807, 2.05) is 12.1 Å². The lowest BCUT2D eigenvalue weighted by atomic mass is 10.2. The number of rotatable bonds is 2. The SMILES string of the molecule is Cc1ccc(C(=O)Nc2ccc3nccnc3c2I)o1. The molecule has 1 aromatic carbocycles. The highest BCUT2D eigenvalue weighted by Gasteiger charge is 2.13. The maximum Gasteiger partial charge on any atom is 0.291 e. The Morgan fingerprint density at radius 2 is 2.00 bits per heavy atom. The lowest BCUT2D eigenvalue weighted by molar-refractivity contribution is 0.0995. The Morgan fingerprint density at radius 3 is 2.75 bits per heavy atom. The quantitative estimate of drug-likeness (QED) is 0.694. The highest BCUT2D eigenvalue weighted by Crippen LogP contribution is 2.25. The van der Waals surface area contributed by atoms with Gasteiger partial charge in [0.25, 0.3) is 5.91 Å². The summed E-state index contributed by atoms with van der Waals surface area (Å²) in [6.45, 7) is 1.80. The number of nitrogens with one attached hydrogen (secondary N) is 1. The van der Waals surface area contributed by atoms with Crippen molar-refractivity contribution in [3.05, 3.63) is 51.7 Å². The Hall–Kier alpha value is -1.96. The molecule has 0 aliphatic carbocycles. The number of hydrogen-bond donors (Lipinski definition) is 1. The van der Waals surface area contributed by atoms with Gasteiger partial charge in [0.15, 0.2) is 5.76 Å². The van der Waals surface area contributed by atoms with E-state index in [9.17, 15) is 4.79 Å². The van der Waals surface area contributed by atoms with Crippen molar-refractivity contribution in [2.24, 2.45) is 0 Å². The van der Waals surface area contributed by atoms with Gasteiger partial charge < -0.3 is 9.73 Å². The number of anilines is 1. The molecule has 0 fully saturated rings. The van der Waals surface area contributed by atoms with E-state index < -0.39 is 0 Å². The molecule has 5 nitrogen and oxygen atoms in total. The number of furan rings is 1. The number of carbonyl (C=O) groups excluding carboxylic acids is 1. The molecule has 0 radical (unpaired) electrons. The van der Waals surface area contributed by atoms with Crippen molar-refractivity contribution in [3.63, 3.8) is 0 Å². The van der Waals surface area contributed by atoms with Crippen LogP contribution in [0.4, 0.5) is 5.69 Å². The molecule has 0 spiro atoms. The molecule has 100 valence electrons. The zero-order chi connectivity index (χ0) is 14.1. The van der Waals surface area contributed by atoms with Gasteiger partial charge in [0.2, 0.25) is 0 Å². The fourth-order valence-electron chi connectivity index (χ4n) is 1.84. The smallest absolute Gasteiger partial charge is 0.291 e. The molecule has 0 aliphatic rings. The topological polar surface area (TPSA) is 68.0 Å². The van der Waals surface area contributed by atoms with E-state index in [4.69, 9.17) is 4.42 Å². The third kappa shape index (κ3) is 2.38. The Balaban J connectivity index is 1.95. The molecule has 0 unspecified atom stereocenters. The normalized spacial score (nSPS) is 10.7. The first-order chi connectivity index (χ1) is 9.65. The minimum Gasteiger partial charge on any atom is -0.456 e. The number of carbonyl (C=O) groups is 1. The summed E-state index contributed by atoms with van der Waals surface area (Å²) in [7, 11) is 0. The lowest BCUT2D eigenvalue weighted by Crippen LogP contribution is -2.12. The molecule has 0 atom stereocenters. The Morgan fingerprint density at radius 1 is 1.20 bits per heavy atom. The fraction of sp³-hybridized carbons (Fsp3) is 0.0714. The van der Waals surface area contributed by atoms with E-state index in [1.54, 1.807) is 31.5 Å². The molecular formula is C14H10IN3O2. The van der Waals surface area contributed by atoms with Gasteiger partial charge in [-0.05, 0) is 53.8 Å². The second kappa shape index (κ2) is 5.20. The van der Waals surface area contributed by atoms with Gasteiger partial charge >= 0.3 is 0 Å². The van der Waals surface area contributed by atoms with E-state index in [1.165, 1.54) is 0 Å². The molecule has 3 aromatic rings. The first-order valence-electron chi connectivity index (χ1n) is 5.92. The van der Waals surface area contributed by atoms with E-state index >= 15 is 0 Å². The molecule has 2 heterocycles. The standard InChI is InChI=1S/C14H10IN3O2/c1-8-2-5-11(20-8)14(19)18-9-3-4-10-13(12(9)15)17-7-6-16-10/h2-7H,1H3,(H,18,19). The summed E-state index contributed by atoms with van der Waals surface area (Å²) < 4.78 is 6.15. The largest absolute Gasteiger partial charge is 0.456 e. The van der Waals surface area contributed by atoms with Crippen LogP contribution < -0.4 is 5.32 Å². The van der Waals surface area contributed by atoms with Gasteiger partial charge in [-0.25, -0.2) is 0 Å². The van der Waals surface area contributed by atoms with Gasteiger partial charge in [0.05, 0.1) is 14.8 Å². The Labute approximate surface area is 128 Å². The van der Waals surface area contributed by atoms with Crippen LogP contribution in [0.5, 0.6) is 0 Å². The first kappa shape index (κ1) is 13.0. The second-order valence-corrected chi connectivity index (χ2v) is 5.29. The first-order valence-corrected chi connectivity index (χ1v) is 7.00. The van der Waals surface area contributed by atoms with Crippen LogP contribution in [0.25, 0.3) is 11.0 Å². The highest BCUT2D eigenvalue weighted by atomic mass is 127. The third-order valence-corrected chi connectivity index (χ3v) is 3.88. The number of aromatic nitrogens is 2. The van der Waals surface area contributed by atoms with Crippen LogP contribution >= 0.6 is 22.6 Å². The van der Waals surface area contributed by atoms with E-state index in [-0.39, 0.29) is 11.7 Å². The molecule has 0 bridgehead atoms. The van der Waals surface area contributed by atoms with Crippen LogP contribution in [-0.2, 0) is 0 Å². The molecule has 0 saturated heterocycles. The Bertz CT molecular complexity index is 798. The molecule has 3 rings (SSSR count). The third-order valence-electron chi connectivity index (χ3n) is 2.79. The summed E-state index contributed by atoms with van der Waals surface area (Å²) in [5, 5.41) is 2.82. The molecule has 2 aromatic heterocycles. The van der Waals surface area contributed by atoms with Crippen LogP contribution in [0.3, 0.4) is 0 Å². The minimum absolute atomic E-state index is 0.278. The van der Waals surface area contributed by atoms with Crippen LogP contribution in [0, 0.1) is 10.5 Å². The van der Waals surface area contributed by atoms with Gasteiger partial charge in [-0.2, -0.15) is 0 Å². The maximum absolute atomic E-state index is 12.1. The monoisotopic (exact) mass is 379 g/mol. The number of nitrogens with zero attached hydrogens (tertiary/aromatic N) is 2. The number of fused-ring (bicyclic) bond motifs is 1. The molecule has 0 saturated carbocycles. The number of hydrogen-bond acceptors (Lipinski definition) is 4. The average molecular weight is 379 g/mol. The second-order valence-electron chi connectivity index (χ2n) is 4.22. The molecule has 20 heavy (non-hydrogen) atoms. The van der Waals surface area contributed by atoms with Gasteiger partial charge in [0, 0.05) is 12.4 Å². The zero-order valence-electron chi connectivity index (χ0n) is 10.6. The summed E-state index contributed by atoms with van der Waals surface area (Å²) in [6, 6.07) is 7.05. The predicted octanol–water partition coefficient (Wildman–Crippen LogP) is 3.39. The summed E-state index contributed by atoms with van der Waals surface area (Å²) in [4.78, 5) is 20.6. The van der Waals surface area contributed by atoms with Crippen molar-refractivity contribution in [2.45, 2.75) is 6.92 Å². The summed E-state index contributed by atoms with van der Waals surface area (Å²) in [6.07, 6.45) is 3.27. The number of aryl methyl sites for hydroxylation is 1. The van der Waals surface area contributed by atoms with Crippen molar-refractivity contribution in [3.8, 4) is 0 Å². The van der Waals surface area contributed by atoms with Gasteiger partial charge in [0.1, 0.15) is 11.3 Å². The molecule has 1 N–H and O–H groups in total. The van der Waals surface area contributed by atoms with Crippen LogP contribution in [0.2, 0.25) is 0 Å². The van der Waals surface area contributed by atoms with Crippen molar-refractivity contribution in [1.29, 1.82) is 0 Å². The van der Waals surface area contributed by atoms with Crippen molar-refractivity contribution in [1.82, 2.24) is 9.97 Å². The van der Waals surface area contributed by atoms with Gasteiger partial charge in [-0.1, -0.05) is 0 Å². The van der Waals surface area contributed by atoms with Crippen molar-refractivity contribution >= 4 is 45.2 Å². The molecule has 6 heteroatoms. The highest BCUT2D eigenvalue weighted by molar-refractivity contribution is 14.1. The van der Waals surface area contributed by atoms with Crippen molar-refractivity contribution in [2.75, 3.05) is 5.32 Å². The lowest BCUT2D eigenvalue weighted by Gasteiger charge is -2.07. The van der Waals surface area contributed by atoms with E-state index in [0.29, 0.717) is 11.4 Å². The van der Waals surface area contributed by atoms with E-state index in [2.05, 4.69) is 37.9 Å². The zero-order valence-corrected chi connectivity index (χ0v) is 12.7. The average Bonchev–Trinajstić information content (AvgIpc) is 2.89. The molecule has 1 amide bonds. The number of benzene rings is 1. The van der Waals surface area contributed by atoms with Gasteiger partial charge in [-0.15, -0.1) is 0 Å². The maximum atomic E-state index is 12.1. The minimum atomic E-state index is -0.278. The van der Waals surface area contributed by atoms with Crippen LogP contribution in [0.15, 0.2) is 41.1 Å². The predicted molar refractivity (Wildman–Crippen MR) is 83.7 cm³/mol. The van der Waals surface area contributed by atoms with E-state index in [0.717, 1.165) is 14.6 Å². The molecular weight excluding hydrogens is 369 g/mol. The van der Waals surface area contributed by atoms with Gasteiger partial charge in [-0.3, -0.25) is 14.8 Å². The molecule has 0 aliphatic heterocycles. The number of halogens is 1. The fourth-order valence-corrected chi connectivity index (χ4v) is 2.57. The van der Waals surface area contributed by atoms with Crippen molar-refractivity contribution < 1.29 is 9.21 Å². The summed E-state index contributed by atoms with van der Waals surface area (Å²) >= 11 is 2.15. The number of amides is 1. The summed E-state index contributed by atoms with van der Waals surface area (Å²) in [5.74, 6) is 0.714.